The van der Waals surface area contributed by atoms with Crippen LogP contribution in [0, 0.1) is 11.3 Å². The number of hydrogen-bond donors (Lipinski definition) is 0. The Bertz CT molecular complexity index is 1440. The normalized spacial score (nSPS) is 16.8. The molecule has 4 heterocycles. The fraction of sp³-hybridized carbons (Fsp3) is 0.292. The Morgan fingerprint density at radius 2 is 2.06 bits per heavy atom. The van der Waals surface area contributed by atoms with Gasteiger partial charge in [-0.2, -0.15) is 10.4 Å². The van der Waals surface area contributed by atoms with Crippen LogP contribution in [0.3, 0.4) is 0 Å². The van der Waals surface area contributed by atoms with Crippen molar-refractivity contribution in [2.45, 2.75) is 38.4 Å². The molecule has 10 nitrogen and oxygen atoms in total. The molecule has 1 aromatic carbocycles. The minimum atomic E-state index is -0.748. The smallest absolute Gasteiger partial charge is 0.331 e. The summed E-state index contributed by atoms with van der Waals surface area (Å²) in [6.07, 6.45) is 3.07. The third-order valence-corrected chi connectivity index (χ3v) is 6.20. The number of ether oxygens (including phenoxy) is 1. The topological polar surface area (TPSA) is 123 Å². The van der Waals surface area contributed by atoms with Crippen molar-refractivity contribution in [3.63, 3.8) is 0 Å². The zero-order valence-corrected chi connectivity index (χ0v) is 18.4. The lowest BCUT2D eigenvalue weighted by atomic mass is 10.0. The van der Waals surface area contributed by atoms with E-state index in [0.717, 1.165) is 10.1 Å². The van der Waals surface area contributed by atoms with Gasteiger partial charge in [0.2, 0.25) is 0 Å². The molecule has 0 N–H and O–H groups in total. The van der Waals surface area contributed by atoms with Crippen molar-refractivity contribution in [1.29, 1.82) is 5.26 Å². The number of hydrogen-bond acceptors (Lipinski definition) is 7. The predicted molar refractivity (Wildman–Crippen MR) is 120 cm³/mol. The first kappa shape index (κ1) is 21.5. The molecular weight excluding hydrogens is 438 g/mol. The first-order valence-electron chi connectivity index (χ1n) is 10.9. The summed E-state index contributed by atoms with van der Waals surface area (Å²) in [6, 6.07) is 12.2. The van der Waals surface area contributed by atoms with Crippen LogP contribution in [0.15, 0.2) is 61.8 Å². The zero-order valence-electron chi connectivity index (χ0n) is 18.4. The van der Waals surface area contributed by atoms with Crippen LogP contribution in [-0.4, -0.2) is 32.9 Å². The van der Waals surface area contributed by atoms with Crippen LogP contribution < -0.4 is 16.0 Å². The number of fused-ring (bicyclic) bond motifs is 1. The summed E-state index contributed by atoms with van der Waals surface area (Å²) in [7, 11) is 1.58. The summed E-state index contributed by atoms with van der Waals surface area (Å²) in [5, 5.41) is 15.3. The summed E-state index contributed by atoms with van der Waals surface area (Å²) >= 11 is 0. The monoisotopic (exact) mass is 459 g/mol. The molecule has 0 aliphatic carbocycles. The Hall–Kier alpha value is -4.39. The van der Waals surface area contributed by atoms with Crippen molar-refractivity contribution in [2.24, 2.45) is 5.10 Å². The third kappa shape index (κ3) is 3.51. The van der Waals surface area contributed by atoms with Gasteiger partial charge in [0.15, 0.2) is 0 Å². The van der Waals surface area contributed by atoms with Crippen LogP contribution in [0.1, 0.15) is 41.5 Å². The van der Waals surface area contributed by atoms with Gasteiger partial charge in [-0.05, 0) is 54.8 Å². The molecule has 1 amide bonds. The van der Waals surface area contributed by atoms with Crippen molar-refractivity contribution in [2.75, 3.05) is 7.11 Å². The number of nitriles is 1. The number of benzene rings is 1. The fourth-order valence-corrected chi connectivity index (χ4v) is 4.50. The molecule has 10 heteroatoms. The number of nitrogens with zero attached hydrogens (tertiary/aromatic N) is 5. The highest BCUT2D eigenvalue weighted by atomic mass is 16.5. The van der Waals surface area contributed by atoms with E-state index in [2.05, 4.69) is 5.10 Å². The standard InChI is InChI=1S/C24H21N5O5/c1-33-16-8-6-15(7-9-16)18-12-20(21-5-3-11-34-21)29(26-18)22(30)14-28-23(31)17(13-25)19-4-2-10-27(19)24(28)32/h3,5-9,11,20H,2,4,10,12,14H2,1H3/t20-/m1/s1. The van der Waals surface area contributed by atoms with Crippen molar-refractivity contribution in [3.05, 3.63) is 86.1 Å². The molecule has 34 heavy (non-hydrogen) atoms. The SMILES string of the molecule is COc1ccc(C2=NN(C(=O)Cn3c(=O)c(C#N)c4n(c3=O)CCC4)[C@@H](c3ccco3)C2)cc1. The highest BCUT2D eigenvalue weighted by molar-refractivity contribution is 6.03. The molecule has 0 unspecified atom stereocenters. The lowest BCUT2D eigenvalue weighted by Gasteiger charge is -2.20. The fourth-order valence-electron chi connectivity index (χ4n) is 4.50. The molecule has 172 valence electrons. The molecule has 0 saturated heterocycles. The molecular formula is C24H21N5O5. The van der Waals surface area contributed by atoms with Gasteiger partial charge in [-0.3, -0.25) is 14.2 Å². The average Bonchev–Trinajstić information content (AvgIpc) is 3.62. The minimum absolute atomic E-state index is 0.0867. The molecule has 0 radical (unpaired) electrons. The Morgan fingerprint density at radius 1 is 1.26 bits per heavy atom. The number of carbonyl (C=O) groups excluding carboxylic acids is 1. The van der Waals surface area contributed by atoms with Crippen LogP contribution in [-0.2, 0) is 24.3 Å². The first-order valence-corrected chi connectivity index (χ1v) is 10.9. The number of amides is 1. The summed E-state index contributed by atoms with van der Waals surface area (Å²) < 4.78 is 13.0. The molecule has 0 fully saturated rings. The van der Waals surface area contributed by atoms with E-state index in [9.17, 15) is 19.6 Å². The third-order valence-electron chi connectivity index (χ3n) is 6.20. The van der Waals surface area contributed by atoms with Gasteiger partial charge < -0.3 is 9.15 Å². The summed E-state index contributed by atoms with van der Waals surface area (Å²) in [4.78, 5) is 39.2. The average molecular weight is 459 g/mol. The maximum Gasteiger partial charge on any atom is 0.331 e. The maximum absolute atomic E-state index is 13.4. The number of rotatable bonds is 5. The molecule has 2 aliphatic heterocycles. The van der Waals surface area contributed by atoms with Crippen LogP contribution in [0.4, 0.5) is 0 Å². The molecule has 2 aliphatic rings. The van der Waals surface area contributed by atoms with Gasteiger partial charge >= 0.3 is 5.69 Å². The highest BCUT2D eigenvalue weighted by Gasteiger charge is 2.35. The Kier molecular flexibility index (Phi) is 5.37. The summed E-state index contributed by atoms with van der Waals surface area (Å²) in [6.45, 7) is -0.112. The first-order chi connectivity index (χ1) is 16.5. The second-order valence-electron chi connectivity index (χ2n) is 8.11. The highest BCUT2D eigenvalue weighted by Crippen LogP contribution is 2.33. The van der Waals surface area contributed by atoms with Gasteiger partial charge in [0, 0.05) is 18.7 Å². The predicted octanol–water partition coefficient (Wildman–Crippen LogP) is 1.81. The van der Waals surface area contributed by atoms with Crippen LogP contribution in [0.5, 0.6) is 5.75 Å². The van der Waals surface area contributed by atoms with Gasteiger partial charge in [0.1, 0.15) is 35.7 Å². The lowest BCUT2D eigenvalue weighted by molar-refractivity contribution is -0.134. The number of methoxy groups -OCH3 is 1. The molecule has 0 saturated carbocycles. The van der Waals surface area contributed by atoms with E-state index < -0.39 is 29.7 Å². The van der Waals surface area contributed by atoms with E-state index in [1.807, 2.05) is 18.2 Å². The van der Waals surface area contributed by atoms with Gasteiger partial charge in [0.25, 0.3) is 11.5 Å². The number of carbonyl (C=O) groups is 1. The van der Waals surface area contributed by atoms with Crippen molar-refractivity contribution >= 4 is 11.6 Å². The molecule has 2 aromatic heterocycles. The van der Waals surface area contributed by atoms with Crippen LogP contribution in [0.25, 0.3) is 0 Å². The van der Waals surface area contributed by atoms with Crippen LogP contribution >= 0.6 is 0 Å². The van der Waals surface area contributed by atoms with Gasteiger partial charge in [-0.1, -0.05) is 0 Å². The lowest BCUT2D eigenvalue weighted by Crippen LogP contribution is -2.45. The second kappa shape index (κ2) is 8.51. The van der Waals surface area contributed by atoms with Gasteiger partial charge in [0.05, 0.1) is 19.1 Å². The van der Waals surface area contributed by atoms with E-state index >= 15 is 0 Å². The quantitative estimate of drug-likeness (QED) is 0.573. The second-order valence-corrected chi connectivity index (χ2v) is 8.11. The van der Waals surface area contributed by atoms with Crippen molar-refractivity contribution in [1.82, 2.24) is 14.1 Å². The van der Waals surface area contributed by atoms with E-state index in [1.54, 1.807) is 31.4 Å². The van der Waals surface area contributed by atoms with Gasteiger partial charge in [-0.15, -0.1) is 0 Å². The molecule has 1 atom stereocenters. The maximum atomic E-state index is 13.4. The number of hydrazone groups is 1. The molecule has 5 rings (SSSR count). The van der Waals surface area contributed by atoms with E-state index in [4.69, 9.17) is 9.15 Å². The number of furan rings is 1. The largest absolute Gasteiger partial charge is 0.497 e. The zero-order chi connectivity index (χ0) is 23.8. The van der Waals surface area contributed by atoms with E-state index in [1.165, 1.54) is 15.8 Å². The Balaban J connectivity index is 1.51. The number of aromatic nitrogens is 2. The molecule has 0 bridgehead atoms. The minimum Gasteiger partial charge on any atom is -0.497 e. The van der Waals surface area contributed by atoms with Crippen molar-refractivity contribution < 1.29 is 13.9 Å². The molecule has 0 spiro atoms. The summed E-state index contributed by atoms with van der Waals surface area (Å²) in [5.74, 6) is 0.686. The van der Waals surface area contributed by atoms with Gasteiger partial charge in [-0.25, -0.2) is 14.4 Å². The van der Waals surface area contributed by atoms with E-state index in [-0.39, 0.29) is 5.56 Å². The van der Waals surface area contributed by atoms with E-state index in [0.29, 0.717) is 48.7 Å². The molecule has 3 aromatic rings. The summed E-state index contributed by atoms with van der Waals surface area (Å²) in [5.41, 5.74) is 0.495. The Labute approximate surface area is 193 Å². The Morgan fingerprint density at radius 3 is 2.74 bits per heavy atom. The van der Waals surface area contributed by atoms with Crippen LogP contribution in [0.2, 0.25) is 0 Å². The van der Waals surface area contributed by atoms with Crippen molar-refractivity contribution in [3.8, 4) is 11.8 Å².